The molecule has 2 rings (SSSR count). The van der Waals surface area contributed by atoms with Gasteiger partial charge in [-0.1, -0.05) is 43.6 Å². The van der Waals surface area contributed by atoms with Crippen LogP contribution >= 0.6 is 11.6 Å². The van der Waals surface area contributed by atoms with Crippen molar-refractivity contribution in [3.8, 4) is 0 Å². The lowest BCUT2D eigenvalue weighted by molar-refractivity contribution is 0.748. The largest absolute Gasteiger partial charge is 0.367 e. The van der Waals surface area contributed by atoms with Crippen LogP contribution in [0, 0.1) is 0 Å². The van der Waals surface area contributed by atoms with Gasteiger partial charge in [0.15, 0.2) is 0 Å². The molecule has 21 heavy (non-hydrogen) atoms. The van der Waals surface area contributed by atoms with Crippen molar-refractivity contribution in [2.45, 2.75) is 32.9 Å². The molecule has 0 aliphatic heterocycles. The van der Waals surface area contributed by atoms with Gasteiger partial charge < -0.3 is 10.6 Å². The van der Waals surface area contributed by atoms with E-state index in [0.717, 1.165) is 27.8 Å². The Morgan fingerprint density at radius 2 is 2.00 bits per heavy atom. The first-order chi connectivity index (χ1) is 10.0. The molecule has 0 aliphatic rings. The van der Waals surface area contributed by atoms with Gasteiger partial charge in [0.25, 0.3) is 0 Å². The van der Waals surface area contributed by atoms with E-state index >= 15 is 0 Å². The maximum atomic E-state index is 6.21. The molecule has 1 heterocycles. The maximum Gasteiger partial charge on any atom is 0.131 e. The summed E-state index contributed by atoms with van der Waals surface area (Å²) < 4.78 is 0. The maximum absolute atomic E-state index is 6.21. The molecule has 0 aliphatic carbocycles. The Morgan fingerprint density at radius 3 is 2.62 bits per heavy atom. The summed E-state index contributed by atoms with van der Waals surface area (Å²) in [5, 5.41) is 0.762. The number of benzene rings is 1. The number of aromatic nitrogens is 2. The summed E-state index contributed by atoms with van der Waals surface area (Å²) in [6.07, 6.45) is 1.85. The molecule has 0 radical (unpaired) electrons. The predicted octanol–water partition coefficient (Wildman–Crippen LogP) is 3.35. The van der Waals surface area contributed by atoms with Gasteiger partial charge in [-0.05, 0) is 11.6 Å². The summed E-state index contributed by atoms with van der Waals surface area (Å²) in [5.74, 6) is 1.11. The molecule has 0 amide bonds. The Labute approximate surface area is 131 Å². The number of halogens is 1. The molecule has 0 fully saturated rings. The van der Waals surface area contributed by atoms with E-state index in [4.69, 9.17) is 17.3 Å². The fourth-order valence-corrected chi connectivity index (χ4v) is 2.34. The Morgan fingerprint density at radius 1 is 1.29 bits per heavy atom. The normalized spacial score (nSPS) is 11.0. The quantitative estimate of drug-likeness (QED) is 0.920. The number of anilines is 1. The van der Waals surface area contributed by atoms with Crippen LogP contribution in [0.15, 0.2) is 30.5 Å². The van der Waals surface area contributed by atoms with E-state index in [9.17, 15) is 0 Å². The average Bonchev–Trinajstić information content (AvgIpc) is 2.48. The predicted molar refractivity (Wildman–Crippen MR) is 87.6 cm³/mol. The molecule has 0 saturated heterocycles. The van der Waals surface area contributed by atoms with Crippen molar-refractivity contribution >= 4 is 17.3 Å². The van der Waals surface area contributed by atoms with Gasteiger partial charge >= 0.3 is 0 Å². The van der Waals surface area contributed by atoms with E-state index in [2.05, 4.69) is 28.7 Å². The fourth-order valence-electron chi connectivity index (χ4n) is 2.14. The van der Waals surface area contributed by atoms with Crippen LogP contribution in [0.5, 0.6) is 0 Å². The van der Waals surface area contributed by atoms with Gasteiger partial charge in [0, 0.05) is 31.1 Å². The van der Waals surface area contributed by atoms with Gasteiger partial charge in [-0.25, -0.2) is 9.97 Å². The van der Waals surface area contributed by atoms with Gasteiger partial charge in [0.1, 0.15) is 5.82 Å². The molecule has 0 unspecified atom stereocenters. The Balaban J connectivity index is 2.26. The molecule has 112 valence electrons. The van der Waals surface area contributed by atoms with Crippen molar-refractivity contribution in [2.24, 2.45) is 5.73 Å². The first kappa shape index (κ1) is 15.7. The highest BCUT2D eigenvalue weighted by atomic mass is 35.5. The molecule has 0 saturated carbocycles. The van der Waals surface area contributed by atoms with Crippen LogP contribution in [-0.4, -0.2) is 17.0 Å². The number of hydrogen-bond acceptors (Lipinski definition) is 4. The van der Waals surface area contributed by atoms with Crippen LogP contribution in [-0.2, 0) is 13.1 Å². The van der Waals surface area contributed by atoms with E-state index < -0.39 is 0 Å². The van der Waals surface area contributed by atoms with E-state index in [-0.39, 0.29) is 0 Å². The smallest absolute Gasteiger partial charge is 0.131 e. The van der Waals surface area contributed by atoms with Gasteiger partial charge in [-0.3, -0.25) is 0 Å². The molecule has 4 nitrogen and oxygen atoms in total. The molecular weight excluding hydrogens is 284 g/mol. The molecule has 2 aromatic rings. The minimum atomic E-state index is 0.290. The Hall–Kier alpha value is -1.65. The van der Waals surface area contributed by atoms with Crippen LogP contribution in [0.1, 0.15) is 36.8 Å². The van der Waals surface area contributed by atoms with Crippen LogP contribution in [0.25, 0.3) is 0 Å². The minimum absolute atomic E-state index is 0.290. The van der Waals surface area contributed by atoms with Crippen LogP contribution in [0.4, 0.5) is 5.69 Å². The standard InChI is InChI=1S/C16H21ClN4/c1-11(2)16-19-9-15(14(8-18)20-16)21(3)10-12-6-4-5-7-13(12)17/h4-7,9,11H,8,10,18H2,1-3H3. The van der Waals surface area contributed by atoms with Gasteiger partial charge in [0.05, 0.1) is 17.6 Å². The number of nitrogens with two attached hydrogens (primary N) is 1. The van der Waals surface area contributed by atoms with Crippen molar-refractivity contribution in [1.29, 1.82) is 0 Å². The lowest BCUT2D eigenvalue weighted by Crippen LogP contribution is -2.21. The number of nitrogens with zero attached hydrogens (tertiary/aromatic N) is 3. The monoisotopic (exact) mass is 304 g/mol. The highest BCUT2D eigenvalue weighted by Crippen LogP contribution is 2.23. The molecule has 0 bridgehead atoms. The molecule has 2 N–H and O–H groups in total. The molecule has 1 aromatic carbocycles. The van der Waals surface area contributed by atoms with E-state index in [1.807, 2.05) is 37.5 Å². The summed E-state index contributed by atoms with van der Waals surface area (Å²) in [6.45, 7) is 5.23. The zero-order valence-corrected chi connectivity index (χ0v) is 13.4. The first-order valence-electron chi connectivity index (χ1n) is 7.03. The average molecular weight is 305 g/mol. The summed E-state index contributed by atoms with van der Waals surface area (Å²) in [4.78, 5) is 11.1. The zero-order chi connectivity index (χ0) is 15.4. The lowest BCUT2D eigenvalue weighted by Gasteiger charge is -2.22. The summed E-state index contributed by atoms with van der Waals surface area (Å²) in [6, 6.07) is 7.83. The second kappa shape index (κ2) is 6.87. The van der Waals surface area contributed by atoms with Gasteiger partial charge in [-0.2, -0.15) is 0 Å². The summed E-state index contributed by atoms with van der Waals surface area (Å²) >= 11 is 6.21. The van der Waals surface area contributed by atoms with E-state index in [0.29, 0.717) is 19.0 Å². The topological polar surface area (TPSA) is 55.0 Å². The third kappa shape index (κ3) is 3.71. The Bertz CT molecular complexity index is 613. The van der Waals surface area contributed by atoms with Crippen molar-refractivity contribution in [3.63, 3.8) is 0 Å². The molecule has 1 aromatic heterocycles. The zero-order valence-electron chi connectivity index (χ0n) is 12.7. The van der Waals surface area contributed by atoms with Gasteiger partial charge in [0.2, 0.25) is 0 Å². The second-order valence-corrected chi connectivity index (χ2v) is 5.77. The lowest BCUT2D eigenvalue weighted by atomic mass is 10.2. The first-order valence-corrected chi connectivity index (χ1v) is 7.41. The highest BCUT2D eigenvalue weighted by molar-refractivity contribution is 6.31. The van der Waals surface area contributed by atoms with Crippen molar-refractivity contribution < 1.29 is 0 Å². The molecule has 5 heteroatoms. The van der Waals surface area contributed by atoms with Crippen molar-refractivity contribution in [1.82, 2.24) is 9.97 Å². The highest BCUT2D eigenvalue weighted by Gasteiger charge is 2.13. The van der Waals surface area contributed by atoms with Crippen molar-refractivity contribution in [3.05, 3.63) is 52.6 Å². The van der Waals surface area contributed by atoms with Gasteiger partial charge in [-0.15, -0.1) is 0 Å². The van der Waals surface area contributed by atoms with Crippen LogP contribution in [0.2, 0.25) is 5.02 Å². The summed E-state index contributed by atoms with van der Waals surface area (Å²) in [7, 11) is 2.00. The van der Waals surface area contributed by atoms with Crippen molar-refractivity contribution in [2.75, 3.05) is 11.9 Å². The second-order valence-electron chi connectivity index (χ2n) is 5.37. The van der Waals surface area contributed by atoms with Crippen LogP contribution in [0.3, 0.4) is 0 Å². The minimum Gasteiger partial charge on any atom is -0.367 e. The van der Waals surface area contributed by atoms with E-state index in [1.165, 1.54) is 0 Å². The molecule has 0 spiro atoms. The third-order valence-electron chi connectivity index (χ3n) is 3.35. The number of rotatable bonds is 5. The third-order valence-corrected chi connectivity index (χ3v) is 3.72. The SMILES string of the molecule is CC(C)c1ncc(N(C)Cc2ccccc2Cl)c(CN)n1. The number of hydrogen-bond donors (Lipinski definition) is 1. The molecular formula is C16H21ClN4. The van der Waals surface area contributed by atoms with E-state index in [1.54, 1.807) is 0 Å². The fraction of sp³-hybridized carbons (Fsp3) is 0.375. The molecule has 0 atom stereocenters. The Kier molecular flexibility index (Phi) is 5.15. The van der Waals surface area contributed by atoms with Crippen LogP contribution < -0.4 is 10.6 Å². The summed E-state index contributed by atoms with van der Waals surface area (Å²) in [5.41, 5.74) is 8.72.